The number of unbranched alkanes of at least 4 members (excludes halogenated alkanes) is 1. The second-order valence-corrected chi connectivity index (χ2v) is 3.44. The Morgan fingerprint density at radius 2 is 2.13 bits per heavy atom. The molecule has 0 aromatic heterocycles. The van der Waals surface area contributed by atoms with Crippen LogP contribution in [0, 0.1) is 5.41 Å². The largest absolute Gasteiger partial charge is 0.372 e. The van der Waals surface area contributed by atoms with Crippen molar-refractivity contribution in [3.8, 4) is 0 Å². The maximum absolute atomic E-state index is 7.25. The molecule has 0 saturated heterocycles. The van der Waals surface area contributed by atoms with Crippen molar-refractivity contribution in [2.24, 2.45) is 0 Å². The summed E-state index contributed by atoms with van der Waals surface area (Å²) in [4.78, 5) is 0. The third kappa shape index (κ3) is 4.13. The van der Waals surface area contributed by atoms with Gasteiger partial charge in [-0.25, -0.2) is 0 Å². The number of nitrogens with one attached hydrogen (secondary N) is 3. The van der Waals surface area contributed by atoms with Crippen LogP contribution in [0.1, 0.15) is 25.3 Å². The van der Waals surface area contributed by atoms with Gasteiger partial charge >= 0.3 is 0 Å². The van der Waals surface area contributed by atoms with Gasteiger partial charge in [0.1, 0.15) is 0 Å². The van der Waals surface area contributed by atoms with Crippen LogP contribution in [0.5, 0.6) is 0 Å². The number of anilines is 1. The van der Waals surface area contributed by atoms with Gasteiger partial charge in [0.2, 0.25) is 0 Å². The van der Waals surface area contributed by atoms with Crippen LogP contribution >= 0.6 is 0 Å². The first-order valence-electron chi connectivity index (χ1n) is 5.42. The molecule has 3 nitrogen and oxygen atoms in total. The Labute approximate surface area is 91.4 Å². The van der Waals surface area contributed by atoms with Crippen LogP contribution in [-0.2, 0) is 0 Å². The van der Waals surface area contributed by atoms with Gasteiger partial charge in [-0.1, -0.05) is 31.5 Å². The maximum atomic E-state index is 7.25. The topological polar surface area (TPSA) is 47.9 Å². The summed E-state index contributed by atoms with van der Waals surface area (Å²) in [5.41, 5.74) is 1.94. The molecule has 0 atom stereocenters. The van der Waals surface area contributed by atoms with Crippen molar-refractivity contribution in [2.75, 3.05) is 18.5 Å². The second kappa shape index (κ2) is 7.01. The third-order valence-corrected chi connectivity index (χ3v) is 2.23. The minimum Gasteiger partial charge on any atom is -0.372 e. The van der Waals surface area contributed by atoms with Crippen molar-refractivity contribution in [3.63, 3.8) is 0 Å². The smallest absolute Gasteiger partial charge is 0.0653 e. The summed E-state index contributed by atoms with van der Waals surface area (Å²) < 4.78 is 0. The highest BCUT2D eigenvalue weighted by molar-refractivity contribution is 5.85. The van der Waals surface area contributed by atoms with E-state index in [0.717, 1.165) is 24.5 Å². The van der Waals surface area contributed by atoms with Crippen LogP contribution in [0.2, 0.25) is 0 Å². The second-order valence-electron chi connectivity index (χ2n) is 3.44. The molecule has 0 bridgehead atoms. The lowest BCUT2D eigenvalue weighted by Crippen LogP contribution is -2.23. The van der Waals surface area contributed by atoms with Gasteiger partial charge in [-0.3, -0.25) is 0 Å². The zero-order chi connectivity index (χ0) is 10.9. The van der Waals surface area contributed by atoms with Crippen molar-refractivity contribution in [2.45, 2.75) is 19.8 Å². The number of hydrogen-bond acceptors (Lipinski definition) is 3. The highest BCUT2D eigenvalue weighted by Crippen LogP contribution is 2.11. The Kier molecular flexibility index (Phi) is 5.48. The summed E-state index contributed by atoms with van der Waals surface area (Å²) in [5, 5.41) is 13.8. The minimum atomic E-state index is 0.755. The molecule has 1 rings (SSSR count). The van der Waals surface area contributed by atoms with E-state index in [1.807, 2.05) is 24.3 Å². The van der Waals surface area contributed by atoms with Gasteiger partial charge in [-0.05, 0) is 19.0 Å². The molecule has 0 aliphatic rings. The highest BCUT2D eigenvalue weighted by atomic mass is 15.1. The Bertz CT molecular complexity index is 297. The summed E-state index contributed by atoms with van der Waals surface area (Å²) in [6.45, 7) is 3.97. The molecule has 3 N–H and O–H groups in total. The maximum Gasteiger partial charge on any atom is 0.0653 e. The zero-order valence-corrected chi connectivity index (χ0v) is 9.22. The molecule has 82 valence electrons. The summed E-state index contributed by atoms with van der Waals surface area (Å²) in [6, 6.07) is 7.83. The summed E-state index contributed by atoms with van der Waals surface area (Å²) in [5.74, 6) is 0. The van der Waals surface area contributed by atoms with E-state index < -0.39 is 0 Å². The predicted molar refractivity (Wildman–Crippen MR) is 65.7 cm³/mol. The van der Waals surface area contributed by atoms with Gasteiger partial charge in [0.05, 0.1) is 6.67 Å². The third-order valence-electron chi connectivity index (χ3n) is 2.23. The number of benzene rings is 1. The molecule has 0 amide bonds. The van der Waals surface area contributed by atoms with Crippen LogP contribution in [0.4, 0.5) is 5.69 Å². The van der Waals surface area contributed by atoms with Crippen LogP contribution in [-0.4, -0.2) is 19.4 Å². The van der Waals surface area contributed by atoms with E-state index in [9.17, 15) is 0 Å². The first-order chi connectivity index (χ1) is 7.38. The van der Waals surface area contributed by atoms with E-state index in [1.165, 1.54) is 19.1 Å². The fourth-order valence-corrected chi connectivity index (χ4v) is 1.33. The minimum absolute atomic E-state index is 0.755. The van der Waals surface area contributed by atoms with Crippen LogP contribution in [0.3, 0.4) is 0 Å². The van der Waals surface area contributed by atoms with Gasteiger partial charge in [-0.15, -0.1) is 0 Å². The Hall–Kier alpha value is -1.35. The molecule has 1 aromatic rings. The van der Waals surface area contributed by atoms with Gasteiger partial charge in [0.15, 0.2) is 0 Å². The molecule has 3 heteroatoms. The normalized spacial score (nSPS) is 9.93. The van der Waals surface area contributed by atoms with E-state index in [0.29, 0.717) is 0 Å². The van der Waals surface area contributed by atoms with Crippen molar-refractivity contribution in [1.82, 2.24) is 5.32 Å². The molecule has 0 unspecified atom stereocenters. The van der Waals surface area contributed by atoms with Gasteiger partial charge in [0, 0.05) is 17.5 Å². The monoisotopic (exact) mass is 205 g/mol. The van der Waals surface area contributed by atoms with Gasteiger partial charge in [0.25, 0.3) is 0 Å². The molecule has 0 radical (unpaired) electrons. The molecule has 0 fully saturated rings. The Balaban J connectivity index is 2.33. The van der Waals surface area contributed by atoms with E-state index >= 15 is 0 Å². The molecule has 0 spiro atoms. The fraction of sp³-hybridized carbons (Fsp3) is 0.417. The van der Waals surface area contributed by atoms with Crippen molar-refractivity contribution in [1.29, 1.82) is 5.41 Å². The zero-order valence-electron chi connectivity index (χ0n) is 9.22. The van der Waals surface area contributed by atoms with Crippen LogP contribution in [0.25, 0.3) is 0 Å². The summed E-state index contributed by atoms with van der Waals surface area (Å²) >= 11 is 0. The molecule has 15 heavy (non-hydrogen) atoms. The lowest BCUT2D eigenvalue weighted by atomic mass is 10.2. The quantitative estimate of drug-likeness (QED) is 0.364. The molecule has 0 heterocycles. The molecule has 0 aliphatic heterocycles. The van der Waals surface area contributed by atoms with E-state index in [4.69, 9.17) is 5.41 Å². The van der Waals surface area contributed by atoms with E-state index in [-0.39, 0.29) is 0 Å². The predicted octanol–water partition coefficient (Wildman–Crippen LogP) is 2.44. The highest BCUT2D eigenvalue weighted by Gasteiger charge is 1.96. The van der Waals surface area contributed by atoms with Crippen LogP contribution in [0.15, 0.2) is 24.3 Å². The Morgan fingerprint density at radius 1 is 1.33 bits per heavy atom. The lowest BCUT2D eigenvalue weighted by molar-refractivity contribution is 0.668. The SMILES string of the molecule is CCCCNCNc1ccccc1C=N. The molecular weight excluding hydrogens is 186 g/mol. The van der Waals surface area contributed by atoms with Crippen molar-refractivity contribution >= 4 is 11.9 Å². The standard InChI is InChI=1S/C12H19N3/c1-2-3-8-14-10-15-12-7-5-4-6-11(12)9-13/h4-7,9,13-15H,2-3,8,10H2,1H3. The van der Waals surface area contributed by atoms with Crippen molar-refractivity contribution < 1.29 is 0 Å². The van der Waals surface area contributed by atoms with Crippen molar-refractivity contribution in [3.05, 3.63) is 29.8 Å². The van der Waals surface area contributed by atoms with E-state index in [1.54, 1.807) is 0 Å². The summed E-state index contributed by atoms with van der Waals surface area (Å²) in [7, 11) is 0. The lowest BCUT2D eigenvalue weighted by Gasteiger charge is -2.09. The van der Waals surface area contributed by atoms with Gasteiger partial charge in [-0.2, -0.15) is 0 Å². The number of rotatable bonds is 7. The Morgan fingerprint density at radius 3 is 2.87 bits per heavy atom. The fourth-order valence-electron chi connectivity index (χ4n) is 1.33. The van der Waals surface area contributed by atoms with Crippen LogP contribution < -0.4 is 10.6 Å². The average Bonchev–Trinajstić information content (AvgIpc) is 2.29. The summed E-state index contributed by atoms with van der Waals surface area (Å²) in [6.07, 6.45) is 3.78. The first kappa shape index (κ1) is 11.7. The molecule has 0 aliphatic carbocycles. The van der Waals surface area contributed by atoms with E-state index in [2.05, 4.69) is 17.6 Å². The van der Waals surface area contributed by atoms with Gasteiger partial charge < -0.3 is 16.0 Å². The molecule has 0 saturated carbocycles. The number of hydrogen-bond donors (Lipinski definition) is 3. The average molecular weight is 205 g/mol. The first-order valence-corrected chi connectivity index (χ1v) is 5.42. The molecular formula is C12H19N3. The number of para-hydroxylation sites is 1. The molecule has 1 aromatic carbocycles.